The summed E-state index contributed by atoms with van der Waals surface area (Å²) in [5.41, 5.74) is 5.77. The van der Waals surface area contributed by atoms with Crippen LogP contribution in [-0.4, -0.2) is 55.5 Å². The molecule has 0 aromatic carbocycles. The van der Waals surface area contributed by atoms with Crippen molar-refractivity contribution in [3.63, 3.8) is 0 Å². The van der Waals surface area contributed by atoms with Gasteiger partial charge >= 0.3 is 0 Å². The average Bonchev–Trinajstić information content (AvgIpc) is 2.09. The maximum absolute atomic E-state index is 9.47. The van der Waals surface area contributed by atoms with Crippen LogP contribution in [0.5, 0.6) is 0 Å². The second-order valence-electron chi connectivity index (χ2n) is 3.75. The Bertz CT molecular complexity index is 136. The van der Waals surface area contributed by atoms with Crippen molar-refractivity contribution < 1.29 is 9.84 Å². The van der Waals surface area contributed by atoms with E-state index in [2.05, 4.69) is 4.90 Å². The quantitative estimate of drug-likeness (QED) is 0.619. The third kappa shape index (κ3) is 4.04. The molecular weight excluding hydrogens is 168 g/mol. The van der Waals surface area contributed by atoms with E-state index in [-0.39, 0.29) is 6.10 Å². The second kappa shape index (κ2) is 5.54. The van der Waals surface area contributed by atoms with Crippen LogP contribution in [0.15, 0.2) is 0 Å². The molecule has 4 heteroatoms. The van der Waals surface area contributed by atoms with Crippen LogP contribution in [0.4, 0.5) is 0 Å². The smallest absolute Gasteiger partial charge is 0.0900 e. The lowest BCUT2D eigenvalue weighted by Crippen LogP contribution is -2.43. The van der Waals surface area contributed by atoms with Gasteiger partial charge in [-0.05, 0) is 25.9 Å². The summed E-state index contributed by atoms with van der Waals surface area (Å²) < 4.78 is 4.86. The number of rotatable bonds is 4. The van der Waals surface area contributed by atoms with Crippen LogP contribution in [0.25, 0.3) is 0 Å². The Balaban J connectivity index is 2.14. The van der Waals surface area contributed by atoms with Crippen molar-refractivity contribution in [1.82, 2.24) is 4.90 Å². The summed E-state index contributed by atoms with van der Waals surface area (Å²) in [6, 6.07) is 0.357. The van der Waals surface area contributed by atoms with Crippen LogP contribution in [0, 0.1) is 0 Å². The molecule has 0 radical (unpaired) electrons. The molecule has 1 unspecified atom stereocenters. The van der Waals surface area contributed by atoms with Gasteiger partial charge in [0.2, 0.25) is 0 Å². The van der Waals surface area contributed by atoms with Gasteiger partial charge in [-0.25, -0.2) is 0 Å². The number of hydrogen-bond donors (Lipinski definition) is 2. The third-order valence-electron chi connectivity index (χ3n) is 2.46. The first-order valence-corrected chi connectivity index (χ1v) is 4.87. The third-order valence-corrected chi connectivity index (χ3v) is 2.46. The highest BCUT2D eigenvalue weighted by atomic mass is 16.5. The van der Waals surface area contributed by atoms with E-state index >= 15 is 0 Å². The molecular formula is C9H20N2O2. The van der Waals surface area contributed by atoms with Crippen LogP contribution < -0.4 is 5.73 Å². The SMILES string of the molecule is COCC(O)CN1CCC(N)CC1. The van der Waals surface area contributed by atoms with Gasteiger partial charge < -0.3 is 20.5 Å². The van der Waals surface area contributed by atoms with E-state index in [1.54, 1.807) is 7.11 Å². The minimum absolute atomic E-state index is 0.357. The van der Waals surface area contributed by atoms with E-state index in [0.717, 1.165) is 25.9 Å². The number of likely N-dealkylation sites (tertiary alicyclic amines) is 1. The highest BCUT2D eigenvalue weighted by Crippen LogP contribution is 2.08. The molecule has 1 fully saturated rings. The molecule has 0 saturated carbocycles. The minimum Gasteiger partial charge on any atom is -0.389 e. The number of methoxy groups -OCH3 is 1. The summed E-state index contributed by atoms with van der Waals surface area (Å²) in [4.78, 5) is 2.24. The molecule has 0 aliphatic carbocycles. The lowest BCUT2D eigenvalue weighted by atomic mass is 10.1. The number of nitrogens with zero attached hydrogens (tertiary/aromatic N) is 1. The van der Waals surface area contributed by atoms with E-state index in [4.69, 9.17) is 10.5 Å². The number of piperidine rings is 1. The molecule has 0 amide bonds. The van der Waals surface area contributed by atoms with Crippen LogP contribution in [0.3, 0.4) is 0 Å². The summed E-state index contributed by atoms with van der Waals surface area (Å²) in [7, 11) is 1.61. The van der Waals surface area contributed by atoms with Crippen molar-refractivity contribution in [2.24, 2.45) is 5.73 Å². The lowest BCUT2D eigenvalue weighted by molar-refractivity contribution is 0.0322. The molecule has 13 heavy (non-hydrogen) atoms. The summed E-state index contributed by atoms with van der Waals surface area (Å²) >= 11 is 0. The molecule has 4 nitrogen and oxygen atoms in total. The van der Waals surface area contributed by atoms with Crippen molar-refractivity contribution in [3.8, 4) is 0 Å². The van der Waals surface area contributed by atoms with E-state index < -0.39 is 0 Å². The highest BCUT2D eigenvalue weighted by Gasteiger charge is 2.18. The summed E-state index contributed by atoms with van der Waals surface area (Å²) in [5, 5.41) is 9.47. The normalized spacial score (nSPS) is 23.3. The Hall–Kier alpha value is -0.160. The van der Waals surface area contributed by atoms with Crippen LogP contribution in [-0.2, 0) is 4.74 Å². The number of ether oxygens (including phenoxy) is 1. The number of hydrogen-bond acceptors (Lipinski definition) is 4. The fourth-order valence-corrected chi connectivity index (χ4v) is 1.68. The van der Waals surface area contributed by atoms with Gasteiger partial charge in [-0.2, -0.15) is 0 Å². The largest absolute Gasteiger partial charge is 0.389 e. The Labute approximate surface area is 79.7 Å². The summed E-state index contributed by atoms with van der Waals surface area (Å²) in [6.07, 6.45) is 1.72. The number of aliphatic hydroxyl groups is 1. The zero-order valence-electron chi connectivity index (χ0n) is 8.28. The first kappa shape index (κ1) is 10.9. The maximum atomic E-state index is 9.47. The van der Waals surface area contributed by atoms with Crippen LogP contribution in [0.1, 0.15) is 12.8 Å². The van der Waals surface area contributed by atoms with E-state index in [0.29, 0.717) is 19.2 Å². The molecule has 0 spiro atoms. The molecule has 78 valence electrons. The number of nitrogens with two attached hydrogens (primary N) is 1. The molecule has 1 atom stereocenters. The molecule has 1 saturated heterocycles. The molecule has 1 aliphatic heterocycles. The monoisotopic (exact) mass is 188 g/mol. The topological polar surface area (TPSA) is 58.7 Å². The lowest BCUT2D eigenvalue weighted by Gasteiger charge is -2.31. The van der Waals surface area contributed by atoms with Gasteiger partial charge in [0, 0.05) is 19.7 Å². The molecule has 0 bridgehead atoms. The van der Waals surface area contributed by atoms with Crippen molar-refractivity contribution in [2.75, 3.05) is 33.4 Å². The Morgan fingerprint density at radius 3 is 2.69 bits per heavy atom. The van der Waals surface area contributed by atoms with Crippen LogP contribution in [0.2, 0.25) is 0 Å². The predicted molar refractivity (Wildman–Crippen MR) is 51.5 cm³/mol. The Kier molecular flexibility index (Phi) is 4.66. The highest BCUT2D eigenvalue weighted by molar-refractivity contribution is 4.75. The van der Waals surface area contributed by atoms with Crippen LogP contribution >= 0.6 is 0 Å². The van der Waals surface area contributed by atoms with Gasteiger partial charge in [-0.3, -0.25) is 0 Å². The van der Waals surface area contributed by atoms with Crippen molar-refractivity contribution in [1.29, 1.82) is 0 Å². The molecule has 0 aromatic heterocycles. The van der Waals surface area contributed by atoms with E-state index in [1.165, 1.54) is 0 Å². The molecule has 3 N–H and O–H groups in total. The zero-order chi connectivity index (χ0) is 9.68. The van der Waals surface area contributed by atoms with Gasteiger partial charge in [0.25, 0.3) is 0 Å². The van der Waals surface area contributed by atoms with Crippen molar-refractivity contribution in [3.05, 3.63) is 0 Å². The first-order valence-electron chi connectivity index (χ1n) is 4.87. The van der Waals surface area contributed by atoms with Gasteiger partial charge in [0.1, 0.15) is 0 Å². The average molecular weight is 188 g/mol. The maximum Gasteiger partial charge on any atom is 0.0900 e. The van der Waals surface area contributed by atoms with Crippen molar-refractivity contribution in [2.45, 2.75) is 25.0 Å². The summed E-state index contributed by atoms with van der Waals surface area (Å²) in [5.74, 6) is 0. The summed E-state index contributed by atoms with van der Waals surface area (Å²) in [6.45, 7) is 3.13. The van der Waals surface area contributed by atoms with E-state index in [1.807, 2.05) is 0 Å². The zero-order valence-corrected chi connectivity index (χ0v) is 8.28. The Morgan fingerprint density at radius 2 is 2.15 bits per heavy atom. The van der Waals surface area contributed by atoms with Gasteiger partial charge in [-0.1, -0.05) is 0 Å². The Morgan fingerprint density at radius 1 is 1.54 bits per heavy atom. The minimum atomic E-state index is -0.362. The van der Waals surface area contributed by atoms with E-state index in [9.17, 15) is 5.11 Å². The molecule has 1 heterocycles. The second-order valence-corrected chi connectivity index (χ2v) is 3.75. The fourth-order valence-electron chi connectivity index (χ4n) is 1.68. The van der Waals surface area contributed by atoms with Crippen molar-refractivity contribution >= 4 is 0 Å². The van der Waals surface area contributed by atoms with Gasteiger partial charge in [0.05, 0.1) is 12.7 Å². The van der Waals surface area contributed by atoms with Gasteiger partial charge in [-0.15, -0.1) is 0 Å². The molecule has 1 aliphatic rings. The van der Waals surface area contributed by atoms with Gasteiger partial charge in [0.15, 0.2) is 0 Å². The number of β-amino-alcohol motifs (C(OH)–C–C–N with tert-alkyl or cyclic N) is 1. The standard InChI is InChI=1S/C9H20N2O2/c1-13-7-9(12)6-11-4-2-8(10)3-5-11/h8-9,12H,2-7,10H2,1H3. The first-order chi connectivity index (χ1) is 6.22. The molecule has 0 aromatic rings. The number of aliphatic hydroxyl groups excluding tert-OH is 1. The predicted octanol–water partition coefficient (Wildman–Crippen LogP) is -0.583. The fraction of sp³-hybridized carbons (Fsp3) is 1.00. The molecule has 1 rings (SSSR count).